The van der Waals surface area contributed by atoms with E-state index in [1.165, 1.54) is 16.4 Å². The molecule has 9 nitrogen and oxygen atoms in total. The number of nitrogens with zero attached hydrogens (tertiary/aromatic N) is 3. The quantitative estimate of drug-likeness (QED) is 0.307. The number of morpholine rings is 1. The van der Waals surface area contributed by atoms with Gasteiger partial charge in [0, 0.05) is 30.1 Å². The number of anilines is 1. The molecule has 2 aromatic rings. The number of ether oxygens (including phenoxy) is 1. The third-order valence-corrected chi connectivity index (χ3v) is 6.96. The third-order valence-electron chi connectivity index (χ3n) is 4.28. The topological polar surface area (TPSA) is 114 Å². The molecule has 0 radical (unpaired) electrons. The van der Waals surface area contributed by atoms with Gasteiger partial charge in [0.05, 0.1) is 30.0 Å². The molecule has 154 valence electrons. The van der Waals surface area contributed by atoms with Crippen LogP contribution in [0.5, 0.6) is 0 Å². The monoisotopic (exact) mass is 436 g/mol. The Labute approximate surface area is 172 Å². The van der Waals surface area contributed by atoms with Gasteiger partial charge in [-0.25, -0.2) is 8.42 Å². The van der Waals surface area contributed by atoms with Crippen molar-refractivity contribution in [3.63, 3.8) is 0 Å². The standard InChI is InChI=1S/C18H20N4O5S2/c1-28-16-5-2-14(3-6-16)13-19-20-17-7-4-15(22(23)24)12-18(17)29(25,26)21-8-10-27-11-9-21/h2-7,12-13,20H,8-11H2,1H3/b19-13+. The predicted octanol–water partition coefficient (Wildman–Crippen LogP) is 2.78. The summed E-state index contributed by atoms with van der Waals surface area (Å²) in [5.41, 5.74) is 3.39. The fraction of sp³-hybridized carbons (Fsp3) is 0.278. The first-order chi connectivity index (χ1) is 13.9. The van der Waals surface area contributed by atoms with Crippen molar-refractivity contribution < 1.29 is 18.1 Å². The summed E-state index contributed by atoms with van der Waals surface area (Å²) in [7, 11) is -3.94. The maximum absolute atomic E-state index is 13.0. The lowest BCUT2D eigenvalue weighted by molar-refractivity contribution is -0.385. The van der Waals surface area contributed by atoms with Crippen LogP contribution < -0.4 is 5.43 Å². The summed E-state index contributed by atoms with van der Waals surface area (Å²) in [5, 5.41) is 15.2. The molecule has 2 aromatic carbocycles. The minimum Gasteiger partial charge on any atom is -0.379 e. The van der Waals surface area contributed by atoms with Crippen molar-refractivity contribution in [2.75, 3.05) is 38.0 Å². The molecular weight excluding hydrogens is 416 g/mol. The molecule has 1 saturated heterocycles. The molecule has 0 aliphatic carbocycles. The van der Waals surface area contributed by atoms with Crippen LogP contribution in [0.2, 0.25) is 0 Å². The molecule has 1 fully saturated rings. The van der Waals surface area contributed by atoms with Crippen molar-refractivity contribution in [2.24, 2.45) is 5.10 Å². The molecule has 0 atom stereocenters. The van der Waals surface area contributed by atoms with E-state index < -0.39 is 14.9 Å². The highest BCUT2D eigenvalue weighted by atomic mass is 32.2. The van der Waals surface area contributed by atoms with Crippen LogP contribution in [0.4, 0.5) is 11.4 Å². The first-order valence-corrected chi connectivity index (χ1v) is 11.4. The number of hydrogen-bond donors (Lipinski definition) is 1. The van der Waals surface area contributed by atoms with Gasteiger partial charge in [0.15, 0.2) is 0 Å². The molecule has 1 aliphatic heterocycles. The zero-order chi connectivity index (χ0) is 20.9. The van der Waals surface area contributed by atoms with Crippen molar-refractivity contribution in [3.05, 3.63) is 58.1 Å². The van der Waals surface area contributed by atoms with E-state index in [4.69, 9.17) is 4.74 Å². The maximum Gasteiger partial charge on any atom is 0.270 e. The van der Waals surface area contributed by atoms with Gasteiger partial charge in [-0.3, -0.25) is 15.5 Å². The highest BCUT2D eigenvalue weighted by Gasteiger charge is 2.30. The lowest BCUT2D eigenvalue weighted by Crippen LogP contribution is -2.40. The molecule has 0 spiro atoms. The zero-order valence-corrected chi connectivity index (χ0v) is 17.3. The van der Waals surface area contributed by atoms with Crippen molar-refractivity contribution >= 4 is 39.4 Å². The largest absolute Gasteiger partial charge is 0.379 e. The maximum atomic E-state index is 13.0. The van der Waals surface area contributed by atoms with Crippen molar-refractivity contribution in [1.29, 1.82) is 0 Å². The van der Waals surface area contributed by atoms with Crippen LogP contribution in [-0.2, 0) is 14.8 Å². The van der Waals surface area contributed by atoms with E-state index in [-0.39, 0.29) is 42.6 Å². The Morgan fingerprint density at radius 3 is 2.52 bits per heavy atom. The van der Waals surface area contributed by atoms with Gasteiger partial charge in [0.2, 0.25) is 10.0 Å². The van der Waals surface area contributed by atoms with Gasteiger partial charge in [-0.05, 0) is 30.0 Å². The van der Waals surface area contributed by atoms with E-state index >= 15 is 0 Å². The number of hydrazone groups is 1. The average molecular weight is 437 g/mol. The number of nitrogens with one attached hydrogen (secondary N) is 1. The summed E-state index contributed by atoms with van der Waals surface area (Å²) < 4.78 is 32.5. The van der Waals surface area contributed by atoms with Crippen LogP contribution in [0.3, 0.4) is 0 Å². The Bertz CT molecular complexity index is 1000. The molecule has 0 saturated carbocycles. The summed E-state index contributed by atoms with van der Waals surface area (Å²) >= 11 is 1.62. The Morgan fingerprint density at radius 2 is 1.90 bits per heavy atom. The summed E-state index contributed by atoms with van der Waals surface area (Å²) in [5.74, 6) is 0. The first-order valence-electron chi connectivity index (χ1n) is 8.71. The number of sulfonamides is 1. The number of thioether (sulfide) groups is 1. The van der Waals surface area contributed by atoms with E-state index in [1.807, 2.05) is 30.5 Å². The van der Waals surface area contributed by atoms with Crippen LogP contribution in [0.25, 0.3) is 0 Å². The lowest BCUT2D eigenvalue weighted by Gasteiger charge is -2.26. The van der Waals surface area contributed by atoms with Crippen molar-refractivity contribution in [1.82, 2.24) is 4.31 Å². The van der Waals surface area contributed by atoms with E-state index in [0.717, 1.165) is 16.5 Å². The molecule has 11 heteroatoms. The summed E-state index contributed by atoms with van der Waals surface area (Å²) in [6.07, 6.45) is 3.53. The summed E-state index contributed by atoms with van der Waals surface area (Å²) in [6.45, 7) is 0.938. The minimum atomic E-state index is -3.94. The zero-order valence-electron chi connectivity index (χ0n) is 15.6. The van der Waals surface area contributed by atoms with Crippen LogP contribution >= 0.6 is 11.8 Å². The average Bonchev–Trinajstić information content (AvgIpc) is 2.75. The number of hydrogen-bond acceptors (Lipinski definition) is 8. The second-order valence-corrected chi connectivity index (χ2v) is 8.88. The summed E-state index contributed by atoms with van der Waals surface area (Å²) in [4.78, 5) is 11.4. The van der Waals surface area contributed by atoms with Gasteiger partial charge in [-0.15, -0.1) is 11.8 Å². The normalized spacial score (nSPS) is 15.5. The molecule has 1 N–H and O–H groups in total. The lowest BCUT2D eigenvalue weighted by atomic mass is 10.2. The van der Waals surface area contributed by atoms with E-state index in [2.05, 4.69) is 10.5 Å². The number of nitro benzene ring substituents is 1. The van der Waals surface area contributed by atoms with Gasteiger partial charge in [0.1, 0.15) is 4.90 Å². The first kappa shape index (κ1) is 21.2. The van der Waals surface area contributed by atoms with Crippen LogP contribution in [0, 0.1) is 10.1 Å². The Morgan fingerprint density at radius 1 is 1.21 bits per heavy atom. The number of benzene rings is 2. The molecule has 3 rings (SSSR count). The van der Waals surface area contributed by atoms with Gasteiger partial charge < -0.3 is 4.74 Å². The fourth-order valence-corrected chi connectivity index (χ4v) is 4.70. The predicted molar refractivity (Wildman–Crippen MR) is 112 cm³/mol. The van der Waals surface area contributed by atoms with Gasteiger partial charge in [-0.1, -0.05) is 12.1 Å². The molecule has 0 unspecified atom stereocenters. The number of non-ortho nitro benzene ring substituents is 1. The Hall–Kier alpha value is -2.47. The molecule has 29 heavy (non-hydrogen) atoms. The smallest absolute Gasteiger partial charge is 0.270 e. The molecular formula is C18H20N4O5S2. The molecule has 1 heterocycles. The van der Waals surface area contributed by atoms with Crippen molar-refractivity contribution in [2.45, 2.75) is 9.79 Å². The molecule has 0 bridgehead atoms. The highest BCUT2D eigenvalue weighted by Crippen LogP contribution is 2.29. The Balaban J connectivity index is 1.89. The van der Waals surface area contributed by atoms with Crippen LogP contribution in [0.1, 0.15) is 5.56 Å². The molecule has 0 amide bonds. The van der Waals surface area contributed by atoms with Crippen molar-refractivity contribution in [3.8, 4) is 0 Å². The fourth-order valence-electron chi connectivity index (χ4n) is 2.72. The molecule has 0 aromatic heterocycles. The van der Waals surface area contributed by atoms with E-state index in [0.29, 0.717) is 0 Å². The van der Waals surface area contributed by atoms with Gasteiger partial charge >= 0.3 is 0 Å². The Kier molecular flexibility index (Phi) is 6.85. The van der Waals surface area contributed by atoms with Crippen LogP contribution in [0.15, 0.2) is 57.4 Å². The van der Waals surface area contributed by atoms with Gasteiger partial charge in [-0.2, -0.15) is 9.41 Å². The second kappa shape index (κ2) is 9.35. The highest BCUT2D eigenvalue weighted by molar-refractivity contribution is 7.98. The van der Waals surface area contributed by atoms with E-state index in [1.54, 1.807) is 18.0 Å². The minimum absolute atomic E-state index is 0.166. The van der Waals surface area contributed by atoms with E-state index in [9.17, 15) is 18.5 Å². The number of rotatable bonds is 7. The molecule has 1 aliphatic rings. The summed E-state index contributed by atoms with van der Waals surface area (Å²) in [6, 6.07) is 11.3. The van der Waals surface area contributed by atoms with Crippen LogP contribution in [-0.4, -0.2) is 56.4 Å². The van der Waals surface area contributed by atoms with Gasteiger partial charge in [0.25, 0.3) is 5.69 Å². The number of nitro groups is 1. The SMILES string of the molecule is CSc1ccc(/C=N/Nc2ccc([N+](=O)[O-])cc2S(=O)(=O)N2CCOCC2)cc1. The third kappa shape index (κ3) is 5.12. The second-order valence-electron chi connectivity index (χ2n) is 6.10.